The molecule has 23 heteroatoms. The zero-order chi connectivity index (χ0) is 35.6. The number of imidazole rings is 2. The van der Waals surface area contributed by atoms with Gasteiger partial charge in [-0.15, -0.1) is 0 Å². The van der Waals surface area contributed by atoms with Crippen molar-refractivity contribution in [3.8, 4) is 6.07 Å². The van der Waals surface area contributed by atoms with Crippen molar-refractivity contribution in [3.63, 3.8) is 0 Å². The molecule has 4 aromatic rings. The van der Waals surface area contributed by atoms with Gasteiger partial charge in [0.05, 0.1) is 50.4 Å². The molecule has 6 rings (SSSR count). The number of amides is 1. The molecule has 50 heavy (non-hydrogen) atoms. The summed E-state index contributed by atoms with van der Waals surface area (Å²) in [6.07, 6.45) is 2.17. The largest absolute Gasteiger partial charge is 0.388 e. The van der Waals surface area contributed by atoms with E-state index in [1.54, 1.807) is 20.0 Å². The summed E-state index contributed by atoms with van der Waals surface area (Å²) in [6, 6.07) is 1.90. The first-order chi connectivity index (χ1) is 24.0. The number of nitrogens with zero attached hydrogens (tertiary/aromatic N) is 8. The normalized spacial score (nSPS) is 23.9. The number of ether oxygens (including phenoxy) is 1. The van der Waals surface area contributed by atoms with Crippen LogP contribution < -0.4 is 10.9 Å². The van der Waals surface area contributed by atoms with Gasteiger partial charge in [-0.05, 0) is 24.6 Å². The Balaban J connectivity index is 1.16. The van der Waals surface area contributed by atoms with Crippen molar-refractivity contribution in [1.82, 2.24) is 39.0 Å². The van der Waals surface area contributed by atoms with Gasteiger partial charge in [-0.3, -0.25) is 29.0 Å². The maximum absolute atomic E-state index is 12.7. The van der Waals surface area contributed by atoms with Crippen LogP contribution >= 0.6 is 15.0 Å². The molecule has 0 spiro atoms. The van der Waals surface area contributed by atoms with E-state index in [9.17, 15) is 24.2 Å². The number of aromatic amines is 1. The number of hydrogen-bond donors (Lipinski definition) is 4. The number of nitrogens with one attached hydrogen (secondary N) is 2. The number of anilines is 1. The lowest BCUT2D eigenvalue weighted by molar-refractivity contribution is -0.118. The van der Waals surface area contributed by atoms with Crippen LogP contribution in [-0.2, 0) is 50.6 Å². The molecule has 0 aromatic carbocycles. The zero-order valence-corrected chi connectivity index (χ0v) is 29.5. The molecule has 0 radical (unpaired) electrons. The smallest absolute Gasteiger partial charge is 0.327 e. The van der Waals surface area contributed by atoms with Gasteiger partial charge in [0.25, 0.3) is 5.56 Å². The van der Waals surface area contributed by atoms with Gasteiger partial charge in [0.1, 0.15) is 30.4 Å². The topological polar surface area (TPSA) is 264 Å². The van der Waals surface area contributed by atoms with E-state index in [1.807, 2.05) is 10.6 Å². The van der Waals surface area contributed by atoms with Crippen molar-refractivity contribution in [2.75, 3.05) is 18.5 Å². The van der Waals surface area contributed by atoms with Crippen LogP contribution in [0.1, 0.15) is 57.6 Å². The molecule has 1 amide bonds. The Kier molecular flexibility index (Phi) is 11.1. The minimum absolute atomic E-state index is 0.0368. The Hall–Kier alpha value is -3.54. The van der Waals surface area contributed by atoms with Gasteiger partial charge < -0.3 is 37.4 Å². The molecule has 0 bridgehead atoms. The van der Waals surface area contributed by atoms with Gasteiger partial charge in [0.15, 0.2) is 23.0 Å². The van der Waals surface area contributed by atoms with Gasteiger partial charge >= 0.3 is 15.0 Å². The second-order valence-corrected chi connectivity index (χ2v) is 15.5. The standard InChI is InChI=1S/C27H34N10O10P2S/c1-14(2)24(39)34-27-33-23-21(25(40)35-27)31-13-36(23)26-19(46-48(41)42)8-17(45-26)11-44-49(50,43-5-3-4-28)47-16-6-15(7-16)37-20(10-38)32-18-9-29-12-30-22(18)37/h9,12-17,19,26,38,48H,3,5-8,10-11H2,1-2H3,(H,41,42)(H2,33,34,35,39,40)/t15?,16?,17-,19+,26+,49?/m0/s1. The van der Waals surface area contributed by atoms with Crippen molar-refractivity contribution < 1.29 is 42.2 Å². The molecule has 268 valence electrons. The average Bonchev–Trinajstić information content (AvgIpc) is 3.76. The number of aliphatic hydroxyl groups is 1. The SMILES string of the molecule is CC(C)C(=O)Nc1nc2c(ncn2[C@@H]2O[C@H](COP(=S)(OCCC#N)OC3CC(n4c(CO)nc5cncnc54)C3)C[C@H]2O[PH](=O)O)c(=O)[nH]1. The van der Waals surface area contributed by atoms with Gasteiger partial charge in [-0.1, -0.05) is 13.8 Å². The van der Waals surface area contributed by atoms with E-state index in [0.29, 0.717) is 29.8 Å². The molecule has 2 aliphatic rings. The lowest BCUT2D eigenvalue weighted by atomic mass is 9.89. The Morgan fingerprint density at radius 1 is 1.28 bits per heavy atom. The fraction of sp³-hybridized carbons (Fsp3) is 0.556. The Morgan fingerprint density at radius 3 is 2.80 bits per heavy atom. The molecule has 2 fully saturated rings. The number of H-pyrrole nitrogens is 1. The van der Waals surface area contributed by atoms with Crippen LogP contribution in [0.4, 0.5) is 5.95 Å². The zero-order valence-electron chi connectivity index (χ0n) is 26.7. The molecular weight excluding hydrogens is 718 g/mol. The summed E-state index contributed by atoms with van der Waals surface area (Å²) >= 11 is 5.73. The molecule has 1 aliphatic carbocycles. The van der Waals surface area contributed by atoms with Gasteiger partial charge in [0.2, 0.25) is 11.9 Å². The molecule has 1 aliphatic heterocycles. The summed E-state index contributed by atoms with van der Waals surface area (Å²) < 4.78 is 44.6. The van der Waals surface area contributed by atoms with Crippen LogP contribution in [0.5, 0.6) is 0 Å². The molecule has 4 aromatic heterocycles. The number of fused-ring (bicyclic) bond motifs is 2. The third kappa shape index (κ3) is 7.85. The van der Waals surface area contributed by atoms with E-state index in [2.05, 4.69) is 35.2 Å². The van der Waals surface area contributed by atoms with Crippen LogP contribution in [0.25, 0.3) is 22.3 Å². The fourth-order valence-corrected chi connectivity index (χ4v) is 8.26. The van der Waals surface area contributed by atoms with Crippen LogP contribution in [0, 0.1) is 17.2 Å². The summed E-state index contributed by atoms with van der Waals surface area (Å²) in [6.45, 7) is -0.588. The fourth-order valence-electron chi connectivity index (χ4n) is 5.62. The van der Waals surface area contributed by atoms with Crippen LogP contribution in [-0.4, -0.2) is 86.5 Å². The molecule has 1 saturated carbocycles. The van der Waals surface area contributed by atoms with Crippen molar-refractivity contribution in [1.29, 1.82) is 5.26 Å². The van der Waals surface area contributed by atoms with E-state index in [1.165, 1.54) is 17.2 Å². The molecule has 5 heterocycles. The molecule has 4 N–H and O–H groups in total. The maximum Gasteiger partial charge on any atom is 0.327 e. The molecule has 1 saturated heterocycles. The molecule has 5 atom stereocenters. The van der Waals surface area contributed by atoms with Crippen molar-refractivity contribution in [2.24, 2.45) is 5.92 Å². The first-order valence-corrected chi connectivity index (χ1v) is 19.4. The summed E-state index contributed by atoms with van der Waals surface area (Å²) in [7, 11) is -3.44. The highest BCUT2D eigenvalue weighted by Crippen LogP contribution is 2.55. The second kappa shape index (κ2) is 15.4. The van der Waals surface area contributed by atoms with E-state index in [4.69, 9.17) is 39.9 Å². The minimum atomic E-state index is -3.45. The van der Waals surface area contributed by atoms with Crippen LogP contribution in [0.3, 0.4) is 0 Å². The summed E-state index contributed by atoms with van der Waals surface area (Å²) in [5.74, 6) is -0.423. The first kappa shape index (κ1) is 36.3. The first-order valence-electron chi connectivity index (χ1n) is 15.5. The number of rotatable bonds is 15. The predicted octanol–water partition coefficient (Wildman–Crippen LogP) is 1.99. The van der Waals surface area contributed by atoms with Crippen molar-refractivity contribution in [2.45, 2.75) is 76.7 Å². The third-order valence-electron chi connectivity index (χ3n) is 8.03. The maximum atomic E-state index is 12.7. The van der Waals surface area contributed by atoms with Gasteiger partial charge in [-0.2, -0.15) is 10.2 Å². The highest BCUT2D eigenvalue weighted by molar-refractivity contribution is 8.07. The number of carbonyl (C=O) groups is 1. The summed E-state index contributed by atoms with van der Waals surface area (Å²) in [5, 5.41) is 21.5. The highest BCUT2D eigenvalue weighted by Gasteiger charge is 2.42. The monoisotopic (exact) mass is 752 g/mol. The Labute approximate surface area is 289 Å². The molecule has 2 unspecified atom stereocenters. The average molecular weight is 753 g/mol. The van der Waals surface area contributed by atoms with E-state index >= 15 is 0 Å². The second-order valence-electron chi connectivity index (χ2n) is 11.8. The third-order valence-corrected chi connectivity index (χ3v) is 11.0. The van der Waals surface area contributed by atoms with Crippen LogP contribution in [0.15, 0.2) is 23.6 Å². The van der Waals surface area contributed by atoms with E-state index in [0.717, 1.165) is 0 Å². The Morgan fingerprint density at radius 2 is 2.08 bits per heavy atom. The molecular formula is C27H34N10O10P2S. The van der Waals surface area contributed by atoms with Crippen molar-refractivity contribution >= 4 is 61.0 Å². The van der Waals surface area contributed by atoms with Gasteiger partial charge in [0, 0.05) is 18.4 Å². The van der Waals surface area contributed by atoms with Crippen LogP contribution in [0.2, 0.25) is 0 Å². The van der Waals surface area contributed by atoms with Crippen molar-refractivity contribution in [3.05, 3.63) is 35.0 Å². The highest BCUT2D eigenvalue weighted by atomic mass is 32.5. The van der Waals surface area contributed by atoms with E-state index < -0.39 is 39.0 Å². The number of aromatic nitrogens is 8. The number of nitriles is 1. The van der Waals surface area contributed by atoms with E-state index in [-0.39, 0.29) is 73.7 Å². The lowest BCUT2D eigenvalue weighted by Gasteiger charge is -2.39. The lowest BCUT2D eigenvalue weighted by Crippen LogP contribution is -2.34. The number of hydrogen-bond acceptors (Lipinski definition) is 16. The Bertz CT molecular complexity index is 2040. The molecule has 20 nitrogen and oxygen atoms in total. The quantitative estimate of drug-likeness (QED) is 0.0999. The number of aliphatic hydroxyl groups excluding tert-OH is 1. The van der Waals surface area contributed by atoms with Gasteiger partial charge in [-0.25, -0.2) is 19.9 Å². The summed E-state index contributed by atoms with van der Waals surface area (Å²) in [4.78, 5) is 58.3. The summed E-state index contributed by atoms with van der Waals surface area (Å²) in [5.41, 5.74) is 0.515. The minimum Gasteiger partial charge on any atom is -0.388 e. The predicted molar refractivity (Wildman–Crippen MR) is 177 cm³/mol. The number of carbonyl (C=O) groups excluding carboxylic acids is 1.